The van der Waals surface area contributed by atoms with Crippen LogP contribution in [0, 0.1) is 12.3 Å². The number of hydrogen-bond donors (Lipinski definition) is 0. The second-order valence-electron chi connectivity index (χ2n) is 3.81. The first kappa shape index (κ1) is 10.6. The first-order valence-corrected chi connectivity index (χ1v) is 5.14. The maximum atomic E-state index is 5.35. The summed E-state index contributed by atoms with van der Waals surface area (Å²) < 4.78 is 0. The molecular formula is C11H20N2. The van der Waals surface area contributed by atoms with Crippen LogP contribution in [0.4, 0.5) is 0 Å². The highest BCUT2D eigenvalue weighted by molar-refractivity contribution is 4.91. The second kappa shape index (κ2) is 5.26. The van der Waals surface area contributed by atoms with Crippen molar-refractivity contribution in [3.63, 3.8) is 0 Å². The summed E-state index contributed by atoms with van der Waals surface area (Å²) in [7, 11) is 2.18. The molecule has 0 bridgehead atoms. The molecule has 1 heterocycles. The van der Waals surface area contributed by atoms with E-state index in [0.717, 1.165) is 6.42 Å². The Bertz CT molecular complexity index is 175. The van der Waals surface area contributed by atoms with Gasteiger partial charge in [0.15, 0.2) is 0 Å². The standard InChI is InChI=1S/C11H20N2/c1-4-6-11(5-2)13-9-7-12(3)8-10-13/h1,11H,5-10H2,2-3H3. The van der Waals surface area contributed by atoms with E-state index in [2.05, 4.69) is 29.7 Å². The molecule has 0 aromatic heterocycles. The van der Waals surface area contributed by atoms with Crippen LogP contribution in [0.25, 0.3) is 0 Å². The number of terminal acetylenes is 1. The number of piperazine rings is 1. The van der Waals surface area contributed by atoms with Crippen LogP contribution in [0.2, 0.25) is 0 Å². The maximum absolute atomic E-state index is 5.35. The van der Waals surface area contributed by atoms with Crippen molar-refractivity contribution in [2.75, 3.05) is 33.2 Å². The molecule has 0 amide bonds. The van der Waals surface area contributed by atoms with Crippen LogP contribution < -0.4 is 0 Å². The highest BCUT2D eigenvalue weighted by atomic mass is 15.3. The van der Waals surface area contributed by atoms with Gasteiger partial charge in [0.25, 0.3) is 0 Å². The van der Waals surface area contributed by atoms with Gasteiger partial charge in [0, 0.05) is 38.6 Å². The second-order valence-corrected chi connectivity index (χ2v) is 3.81. The van der Waals surface area contributed by atoms with Crippen LogP contribution in [0.1, 0.15) is 19.8 Å². The lowest BCUT2D eigenvalue weighted by atomic mass is 10.1. The van der Waals surface area contributed by atoms with Crippen molar-refractivity contribution < 1.29 is 0 Å². The predicted molar refractivity (Wildman–Crippen MR) is 56.6 cm³/mol. The van der Waals surface area contributed by atoms with Gasteiger partial charge in [-0.2, -0.15) is 0 Å². The van der Waals surface area contributed by atoms with Crippen molar-refractivity contribution in [2.24, 2.45) is 0 Å². The maximum Gasteiger partial charge on any atom is 0.0242 e. The number of nitrogens with zero attached hydrogens (tertiary/aromatic N) is 2. The highest BCUT2D eigenvalue weighted by Gasteiger charge is 2.19. The molecule has 74 valence electrons. The predicted octanol–water partition coefficient (Wildman–Crippen LogP) is 1.04. The van der Waals surface area contributed by atoms with E-state index in [9.17, 15) is 0 Å². The fourth-order valence-electron chi connectivity index (χ4n) is 1.85. The van der Waals surface area contributed by atoms with Crippen molar-refractivity contribution in [1.29, 1.82) is 0 Å². The molecular weight excluding hydrogens is 160 g/mol. The minimum absolute atomic E-state index is 0.610. The van der Waals surface area contributed by atoms with Gasteiger partial charge in [-0.15, -0.1) is 12.3 Å². The Morgan fingerprint density at radius 1 is 1.31 bits per heavy atom. The Morgan fingerprint density at radius 2 is 1.92 bits per heavy atom. The molecule has 1 saturated heterocycles. The van der Waals surface area contributed by atoms with E-state index in [1.165, 1.54) is 32.6 Å². The van der Waals surface area contributed by atoms with Gasteiger partial charge in [-0.3, -0.25) is 4.90 Å². The minimum Gasteiger partial charge on any atom is -0.304 e. The molecule has 1 atom stereocenters. The molecule has 0 aromatic rings. The summed E-state index contributed by atoms with van der Waals surface area (Å²) in [6.45, 7) is 6.94. The average Bonchev–Trinajstić information content (AvgIpc) is 2.16. The van der Waals surface area contributed by atoms with Gasteiger partial charge in [0.2, 0.25) is 0 Å². The number of likely N-dealkylation sites (N-methyl/N-ethyl adjacent to an activating group) is 1. The van der Waals surface area contributed by atoms with Crippen molar-refractivity contribution in [3.05, 3.63) is 0 Å². The molecule has 1 aliphatic rings. The van der Waals surface area contributed by atoms with Crippen molar-refractivity contribution in [2.45, 2.75) is 25.8 Å². The van der Waals surface area contributed by atoms with Crippen molar-refractivity contribution in [1.82, 2.24) is 9.80 Å². The molecule has 13 heavy (non-hydrogen) atoms. The van der Waals surface area contributed by atoms with Crippen LogP contribution in [0.3, 0.4) is 0 Å². The molecule has 0 N–H and O–H groups in total. The molecule has 0 aliphatic carbocycles. The van der Waals surface area contributed by atoms with Gasteiger partial charge in [-0.05, 0) is 13.5 Å². The minimum atomic E-state index is 0.610. The van der Waals surface area contributed by atoms with Gasteiger partial charge in [-0.1, -0.05) is 6.92 Å². The zero-order valence-electron chi connectivity index (χ0n) is 8.79. The molecule has 0 spiro atoms. The Kier molecular flexibility index (Phi) is 4.27. The summed E-state index contributed by atoms with van der Waals surface area (Å²) in [4.78, 5) is 4.90. The van der Waals surface area contributed by atoms with Gasteiger partial charge in [0.1, 0.15) is 0 Å². The fraction of sp³-hybridized carbons (Fsp3) is 0.818. The number of hydrogen-bond acceptors (Lipinski definition) is 2. The normalized spacial score (nSPS) is 22.5. The van der Waals surface area contributed by atoms with E-state index < -0.39 is 0 Å². The van der Waals surface area contributed by atoms with Crippen LogP contribution in [0.15, 0.2) is 0 Å². The first-order valence-electron chi connectivity index (χ1n) is 5.14. The van der Waals surface area contributed by atoms with Crippen LogP contribution in [-0.4, -0.2) is 49.1 Å². The topological polar surface area (TPSA) is 6.48 Å². The van der Waals surface area contributed by atoms with E-state index in [0.29, 0.717) is 6.04 Å². The molecule has 0 aromatic carbocycles. The van der Waals surface area contributed by atoms with E-state index >= 15 is 0 Å². The summed E-state index contributed by atoms with van der Waals surface area (Å²) in [5.41, 5.74) is 0. The summed E-state index contributed by atoms with van der Waals surface area (Å²) >= 11 is 0. The zero-order valence-corrected chi connectivity index (χ0v) is 8.79. The third kappa shape index (κ3) is 3.02. The Morgan fingerprint density at radius 3 is 2.38 bits per heavy atom. The third-order valence-corrected chi connectivity index (χ3v) is 2.88. The summed E-state index contributed by atoms with van der Waals surface area (Å²) in [5.74, 6) is 2.77. The van der Waals surface area contributed by atoms with Crippen molar-refractivity contribution >= 4 is 0 Å². The van der Waals surface area contributed by atoms with Gasteiger partial charge < -0.3 is 4.90 Å². The zero-order chi connectivity index (χ0) is 9.68. The largest absolute Gasteiger partial charge is 0.304 e. The molecule has 1 unspecified atom stereocenters. The average molecular weight is 180 g/mol. The van der Waals surface area contributed by atoms with Crippen LogP contribution in [0.5, 0.6) is 0 Å². The Balaban J connectivity index is 2.37. The van der Waals surface area contributed by atoms with Crippen LogP contribution in [-0.2, 0) is 0 Å². The third-order valence-electron chi connectivity index (χ3n) is 2.88. The molecule has 2 nitrogen and oxygen atoms in total. The molecule has 1 fully saturated rings. The van der Waals surface area contributed by atoms with Crippen LogP contribution >= 0.6 is 0 Å². The van der Waals surface area contributed by atoms with Gasteiger partial charge in [-0.25, -0.2) is 0 Å². The summed E-state index contributed by atoms with van der Waals surface area (Å²) in [6.07, 6.45) is 7.43. The molecule has 0 radical (unpaired) electrons. The molecule has 1 aliphatic heterocycles. The molecule has 1 rings (SSSR count). The monoisotopic (exact) mass is 180 g/mol. The van der Waals surface area contributed by atoms with Gasteiger partial charge >= 0.3 is 0 Å². The lowest BCUT2D eigenvalue weighted by molar-refractivity contribution is 0.111. The van der Waals surface area contributed by atoms with E-state index in [-0.39, 0.29) is 0 Å². The van der Waals surface area contributed by atoms with E-state index in [1.807, 2.05) is 0 Å². The fourth-order valence-corrected chi connectivity index (χ4v) is 1.85. The lowest BCUT2D eigenvalue weighted by Crippen LogP contribution is -2.48. The van der Waals surface area contributed by atoms with Crippen molar-refractivity contribution in [3.8, 4) is 12.3 Å². The number of rotatable bonds is 3. The quantitative estimate of drug-likeness (QED) is 0.599. The first-order chi connectivity index (χ1) is 6.27. The Hall–Kier alpha value is -0.520. The van der Waals surface area contributed by atoms with Gasteiger partial charge in [0.05, 0.1) is 0 Å². The Labute approximate surface area is 81.9 Å². The summed E-state index contributed by atoms with van der Waals surface area (Å²) in [5, 5.41) is 0. The highest BCUT2D eigenvalue weighted by Crippen LogP contribution is 2.10. The SMILES string of the molecule is C#CCC(CC)N1CCN(C)CC1. The van der Waals surface area contributed by atoms with E-state index in [4.69, 9.17) is 6.42 Å². The lowest BCUT2D eigenvalue weighted by Gasteiger charge is -2.37. The molecule has 0 saturated carbocycles. The van der Waals surface area contributed by atoms with E-state index in [1.54, 1.807) is 0 Å². The summed E-state index contributed by atoms with van der Waals surface area (Å²) in [6, 6.07) is 0.610. The smallest absolute Gasteiger partial charge is 0.0242 e. The molecule has 2 heteroatoms.